The van der Waals surface area contributed by atoms with E-state index in [4.69, 9.17) is 4.98 Å². The molecule has 2 nitrogen and oxygen atoms in total. The van der Waals surface area contributed by atoms with Gasteiger partial charge in [-0.25, -0.2) is 4.98 Å². The van der Waals surface area contributed by atoms with Gasteiger partial charge in [-0.2, -0.15) is 0 Å². The smallest absolute Gasteiger partial charge is 0.101 e. The number of para-hydroxylation sites is 1. The number of nitrogens with zero attached hydrogens (tertiary/aromatic N) is 1. The van der Waals surface area contributed by atoms with Crippen LogP contribution in [0.3, 0.4) is 0 Å². The van der Waals surface area contributed by atoms with Gasteiger partial charge in [-0.1, -0.05) is 39.0 Å². The highest BCUT2D eigenvalue weighted by molar-refractivity contribution is 7.99. The standard InChI is InChI=1S/C16H22N2S/c1-4-17-10-14-9-13-7-5-6-8-15(13)18-16(14)19-11-12(2)3/h5-9,12,17H,4,10-11H2,1-3H3. The molecule has 3 heteroatoms. The molecule has 2 rings (SSSR count). The van der Waals surface area contributed by atoms with Gasteiger partial charge in [0.05, 0.1) is 5.52 Å². The number of benzene rings is 1. The van der Waals surface area contributed by atoms with Crippen LogP contribution in [0.25, 0.3) is 10.9 Å². The summed E-state index contributed by atoms with van der Waals surface area (Å²) in [6.45, 7) is 8.52. The van der Waals surface area contributed by atoms with Gasteiger partial charge < -0.3 is 5.32 Å². The van der Waals surface area contributed by atoms with Crippen LogP contribution in [-0.4, -0.2) is 17.3 Å². The third kappa shape index (κ3) is 3.95. The third-order valence-electron chi connectivity index (χ3n) is 2.88. The summed E-state index contributed by atoms with van der Waals surface area (Å²) < 4.78 is 0. The van der Waals surface area contributed by atoms with Gasteiger partial charge in [0.15, 0.2) is 0 Å². The first-order valence-corrected chi connectivity index (χ1v) is 7.91. The maximum absolute atomic E-state index is 4.82. The zero-order valence-corrected chi connectivity index (χ0v) is 12.8. The van der Waals surface area contributed by atoms with E-state index in [1.807, 2.05) is 11.8 Å². The highest BCUT2D eigenvalue weighted by Crippen LogP contribution is 2.26. The van der Waals surface area contributed by atoms with Crippen LogP contribution in [0.2, 0.25) is 0 Å². The van der Waals surface area contributed by atoms with Gasteiger partial charge in [0.25, 0.3) is 0 Å². The predicted octanol–water partition coefficient (Wildman–Crippen LogP) is 4.09. The first-order valence-electron chi connectivity index (χ1n) is 6.93. The molecule has 0 aliphatic rings. The lowest BCUT2D eigenvalue weighted by molar-refractivity contribution is 0.711. The summed E-state index contributed by atoms with van der Waals surface area (Å²) in [6, 6.07) is 10.6. The lowest BCUT2D eigenvalue weighted by Crippen LogP contribution is -2.13. The fourth-order valence-electron chi connectivity index (χ4n) is 1.90. The van der Waals surface area contributed by atoms with Crippen molar-refractivity contribution in [1.29, 1.82) is 0 Å². The summed E-state index contributed by atoms with van der Waals surface area (Å²) in [7, 11) is 0. The van der Waals surface area contributed by atoms with Gasteiger partial charge in [-0.15, -0.1) is 11.8 Å². The van der Waals surface area contributed by atoms with E-state index in [1.54, 1.807) is 0 Å². The van der Waals surface area contributed by atoms with E-state index in [-0.39, 0.29) is 0 Å². The average Bonchev–Trinajstić information content (AvgIpc) is 2.42. The second-order valence-corrected chi connectivity index (χ2v) is 6.14. The molecule has 0 amide bonds. The largest absolute Gasteiger partial charge is 0.313 e. The van der Waals surface area contributed by atoms with Crippen molar-refractivity contribution in [3.8, 4) is 0 Å². The Balaban J connectivity index is 2.32. The Morgan fingerprint density at radius 1 is 1.26 bits per heavy atom. The van der Waals surface area contributed by atoms with Crippen LogP contribution in [0.1, 0.15) is 26.3 Å². The van der Waals surface area contributed by atoms with Crippen molar-refractivity contribution in [3.05, 3.63) is 35.9 Å². The normalized spacial score (nSPS) is 11.4. The average molecular weight is 274 g/mol. The Kier molecular flexibility index (Phi) is 5.23. The zero-order valence-electron chi connectivity index (χ0n) is 11.9. The molecule has 1 aromatic carbocycles. The number of pyridine rings is 1. The Morgan fingerprint density at radius 3 is 2.79 bits per heavy atom. The highest BCUT2D eigenvalue weighted by Gasteiger charge is 2.08. The maximum Gasteiger partial charge on any atom is 0.101 e. The number of rotatable bonds is 6. The number of fused-ring (bicyclic) bond motifs is 1. The van der Waals surface area contributed by atoms with Crippen molar-refractivity contribution in [3.63, 3.8) is 0 Å². The van der Waals surface area contributed by atoms with E-state index in [0.29, 0.717) is 5.92 Å². The molecule has 1 heterocycles. The van der Waals surface area contributed by atoms with Crippen LogP contribution in [0.4, 0.5) is 0 Å². The van der Waals surface area contributed by atoms with Gasteiger partial charge in [0.1, 0.15) is 5.03 Å². The van der Waals surface area contributed by atoms with E-state index in [0.717, 1.165) is 24.4 Å². The quantitative estimate of drug-likeness (QED) is 0.803. The number of aromatic nitrogens is 1. The summed E-state index contributed by atoms with van der Waals surface area (Å²) >= 11 is 1.87. The molecule has 1 N–H and O–H groups in total. The van der Waals surface area contributed by atoms with E-state index < -0.39 is 0 Å². The topological polar surface area (TPSA) is 24.9 Å². The third-order valence-corrected chi connectivity index (χ3v) is 4.34. The first kappa shape index (κ1) is 14.4. The monoisotopic (exact) mass is 274 g/mol. The lowest BCUT2D eigenvalue weighted by Gasteiger charge is -2.11. The Morgan fingerprint density at radius 2 is 2.05 bits per heavy atom. The summed E-state index contributed by atoms with van der Waals surface area (Å²) in [5.41, 5.74) is 2.40. The predicted molar refractivity (Wildman–Crippen MR) is 84.7 cm³/mol. The molecule has 0 saturated heterocycles. The van der Waals surface area contributed by atoms with E-state index in [1.165, 1.54) is 16.0 Å². The van der Waals surface area contributed by atoms with Crippen LogP contribution in [0.15, 0.2) is 35.4 Å². The molecule has 0 unspecified atom stereocenters. The molecular weight excluding hydrogens is 252 g/mol. The molecule has 1 aromatic heterocycles. The van der Waals surface area contributed by atoms with Crippen molar-refractivity contribution in [2.75, 3.05) is 12.3 Å². The molecule has 0 saturated carbocycles. The summed E-state index contributed by atoms with van der Waals surface area (Å²) in [5.74, 6) is 1.80. The summed E-state index contributed by atoms with van der Waals surface area (Å²) in [6.07, 6.45) is 0. The van der Waals surface area contributed by atoms with Gasteiger partial charge in [-0.05, 0) is 30.2 Å². The molecule has 102 valence electrons. The molecule has 0 aliphatic carbocycles. The highest BCUT2D eigenvalue weighted by atomic mass is 32.2. The SMILES string of the molecule is CCNCc1cc2ccccc2nc1SCC(C)C. The van der Waals surface area contributed by atoms with Gasteiger partial charge in [-0.3, -0.25) is 0 Å². The van der Waals surface area contributed by atoms with Crippen molar-refractivity contribution < 1.29 is 0 Å². The maximum atomic E-state index is 4.82. The van der Waals surface area contributed by atoms with Gasteiger partial charge >= 0.3 is 0 Å². The van der Waals surface area contributed by atoms with Gasteiger partial charge in [0, 0.05) is 17.7 Å². The minimum absolute atomic E-state index is 0.685. The Hall–Kier alpha value is -1.06. The van der Waals surface area contributed by atoms with E-state index in [9.17, 15) is 0 Å². The van der Waals surface area contributed by atoms with E-state index >= 15 is 0 Å². The molecule has 0 radical (unpaired) electrons. The minimum Gasteiger partial charge on any atom is -0.313 e. The molecule has 2 aromatic rings. The van der Waals surface area contributed by atoms with Gasteiger partial charge in [0.2, 0.25) is 0 Å². The summed E-state index contributed by atoms with van der Waals surface area (Å²) in [5, 5.41) is 5.80. The van der Waals surface area contributed by atoms with Crippen molar-refractivity contribution in [2.24, 2.45) is 5.92 Å². The second-order valence-electron chi connectivity index (χ2n) is 5.13. The molecule has 0 fully saturated rings. The Bertz CT molecular complexity index is 537. The van der Waals surface area contributed by atoms with Crippen LogP contribution < -0.4 is 5.32 Å². The van der Waals surface area contributed by atoms with Crippen LogP contribution in [0.5, 0.6) is 0 Å². The van der Waals surface area contributed by atoms with Crippen LogP contribution in [-0.2, 0) is 6.54 Å². The van der Waals surface area contributed by atoms with Crippen molar-refractivity contribution >= 4 is 22.7 Å². The van der Waals surface area contributed by atoms with Crippen molar-refractivity contribution in [2.45, 2.75) is 32.3 Å². The molecule has 0 aliphatic heterocycles. The number of hydrogen-bond donors (Lipinski definition) is 1. The number of nitrogens with one attached hydrogen (secondary N) is 1. The fraction of sp³-hybridized carbons (Fsp3) is 0.438. The van der Waals surface area contributed by atoms with Crippen LogP contribution >= 0.6 is 11.8 Å². The number of hydrogen-bond acceptors (Lipinski definition) is 3. The second kappa shape index (κ2) is 6.92. The number of thioether (sulfide) groups is 1. The van der Waals surface area contributed by atoms with E-state index in [2.05, 4.69) is 56.4 Å². The molecule has 0 atom stereocenters. The Labute approximate surface area is 120 Å². The molecule has 0 bridgehead atoms. The fourth-order valence-corrected chi connectivity index (χ4v) is 2.87. The lowest BCUT2D eigenvalue weighted by atomic mass is 10.1. The summed E-state index contributed by atoms with van der Waals surface area (Å²) in [4.78, 5) is 4.82. The first-order chi connectivity index (χ1) is 9.20. The van der Waals surface area contributed by atoms with Crippen molar-refractivity contribution in [1.82, 2.24) is 10.3 Å². The molecular formula is C16H22N2S. The molecule has 0 spiro atoms. The molecule has 19 heavy (non-hydrogen) atoms. The zero-order chi connectivity index (χ0) is 13.7. The minimum atomic E-state index is 0.685. The van der Waals surface area contributed by atoms with Crippen LogP contribution in [0, 0.1) is 5.92 Å².